The third kappa shape index (κ3) is 2.56. The van der Waals surface area contributed by atoms with E-state index in [-0.39, 0.29) is 27.3 Å². The summed E-state index contributed by atoms with van der Waals surface area (Å²) in [6, 6.07) is 6.22. The van der Waals surface area contributed by atoms with E-state index in [4.69, 9.17) is 4.74 Å². The standard InChI is InChI=1S/C14H17N2O.Cd/c1-17-11-2-3-14-12(8-11)13(9-16-14)10-4-6-15-7-5-10;/h2-3,8-10,16H,4-7H2,1H3;/q-1;. The molecule has 0 unspecified atom stereocenters. The van der Waals surface area contributed by atoms with E-state index in [1.165, 1.54) is 29.3 Å². The Morgan fingerprint density at radius 1 is 1.28 bits per heavy atom. The van der Waals surface area contributed by atoms with Crippen molar-refractivity contribution in [2.45, 2.75) is 18.8 Å². The quantitative estimate of drug-likeness (QED) is 0.835. The van der Waals surface area contributed by atoms with Crippen molar-refractivity contribution in [3.63, 3.8) is 0 Å². The van der Waals surface area contributed by atoms with Gasteiger partial charge in [0.05, 0.1) is 7.11 Å². The molecule has 0 saturated carbocycles. The van der Waals surface area contributed by atoms with E-state index in [9.17, 15) is 0 Å². The maximum Gasteiger partial charge on any atom is 0.119 e. The van der Waals surface area contributed by atoms with Gasteiger partial charge in [-0.25, -0.2) is 0 Å². The summed E-state index contributed by atoms with van der Waals surface area (Å²) in [5.74, 6) is 1.58. The van der Waals surface area contributed by atoms with Crippen LogP contribution in [0.15, 0.2) is 24.4 Å². The Hall–Kier alpha value is -0.558. The molecule has 3 rings (SSSR count). The van der Waals surface area contributed by atoms with Gasteiger partial charge in [-0.05, 0) is 29.7 Å². The van der Waals surface area contributed by atoms with Crippen LogP contribution in [0.5, 0.6) is 5.75 Å². The molecule has 1 fully saturated rings. The van der Waals surface area contributed by atoms with Crippen molar-refractivity contribution >= 4 is 10.9 Å². The number of H-pyrrole nitrogens is 1. The molecule has 3 nitrogen and oxygen atoms in total. The van der Waals surface area contributed by atoms with E-state index in [0.717, 1.165) is 18.8 Å². The van der Waals surface area contributed by atoms with Crippen LogP contribution in [0, 0.1) is 0 Å². The summed E-state index contributed by atoms with van der Waals surface area (Å²) in [6.07, 6.45) is 4.49. The first-order valence-corrected chi connectivity index (χ1v) is 6.17. The maximum atomic E-state index is 5.30. The number of aromatic nitrogens is 1. The van der Waals surface area contributed by atoms with E-state index < -0.39 is 0 Å². The number of benzene rings is 1. The Morgan fingerprint density at radius 2 is 2.06 bits per heavy atom. The topological polar surface area (TPSA) is 39.1 Å². The summed E-state index contributed by atoms with van der Waals surface area (Å²) in [6.45, 7) is 2.00. The summed E-state index contributed by atoms with van der Waals surface area (Å²) in [5.41, 5.74) is 2.62. The number of rotatable bonds is 2. The minimum absolute atomic E-state index is 0. The normalized spacial score (nSPS) is 16.5. The van der Waals surface area contributed by atoms with Crippen molar-refractivity contribution in [1.82, 2.24) is 4.98 Å². The number of ether oxygens (including phenoxy) is 1. The van der Waals surface area contributed by atoms with Crippen molar-refractivity contribution in [2.75, 3.05) is 20.2 Å². The van der Waals surface area contributed by atoms with Gasteiger partial charge in [-0.2, -0.15) is 0 Å². The predicted octanol–water partition coefficient (Wildman–Crippen LogP) is 3.43. The Balaban J connectivity index is 0.00000120. The van der Waals surface area contributed by atoms with Crippen LogP contribution in [0.2, 0.25) is 0 Å². The molecule has 4 heteroatoms. The summed E-state index contributed by atoms with van der Waals surface area (Å²) in [5, 5.41) is 5.72. The van der Waals surface area contributed by atoms with Crippen LogP contribution in [0.3, 0.4) is 0 Å². The first kappa shape index (κ1) is 13.9. The summed E-state index contributed by atoms with van der Waals surface area (Å²) in [4.78, 5) is 3.35. The zero-order valence-corrected chi connectivity index (χ0v) is 14.8. The molecule has 1 aromatic carbocycles. The molecule has 18 heavy (non-hydrogen) atoms. The average molecular weight is 342 g/mol. The number of nitrogens with one attached hydrogen (secondary N) is 1. The molecule has 0 amide bonds. The molecule has 0 aliphatic carbocycles. The number of nitrogens with zero attached hydrogens (tertiary/aromatic N) is 1. The van der Waals surface area contributed by atoms with Crippen molar-refractivity contribution in [2.24, 2.45) is 0 Å². The fourth-order valence-electron chi connectivity index (χ4n) is 2.65. The number of aromatic amines is 1. The molecule has 2 aromatic rings. The fourth-order valence-corrected chi connectivity index (χ4v) is 2.65. The smallest absolute Gasteiger partial charge is 0.119 e. The molecule has 0 spiro atoms. The molecule has 1 saturated heterocycles. The molecule has 1 aliphatic rings. The zero-order chi connectivity index (χ0) is 11.7. The summed E-state index contributed by atoms with van der Waals surface area (Å²) < 4.78 is 5.30. The van der Waals surface area contributed by atoms with Crippen LogP contribution in [-0.2, 0) is 27.3 Å². The Bertz CT molecular complexity index is 517. The van der Waals surface area contributed by atoms with Crippen molar-refractivity contribution in [3.05, 3.63) is 35.3 Å². The van der Waals surface area contributed by atoms with E-state index in [0.29, 0.717) is 5.92 Å². The Kier molecular flexibility index (Phi) is 4.67. The van der Waals surface area contributed by atoms with E-state index in [1.807, 2.05) is 6.07 Å². The van der Waals surface area contributed by atoms with Crippen LogP contribution in [0.4, 0.5) is 0 Å². The number of hydrogen-bond acceptors (Lipinski definition) is 1. The predicted molar refractivity (Wildman–Crippen MR) is 69.9 cm³/mol. The second kappa shape index (κ2) is 6.06. The van der Waals surface area contributed by atoms with Gasteiger partial charge < -0.3 is 15.0 Å². The average Bonchev–Trinajstić information content (AvgIpc) is 2.82. The monoisotopic (exact) mass is 343 g/mol. The third-order valence-corrected chi connectivity index (χ3v) is 3.63. The van der Waals surface area contributed by atoms with Gasteiger partial charge in [0.1, 0.15) is 5.75 Å². The van der Waals surface area contributed by atoms with Gasteiger partial charge in [0.2, 0.25) is 0 Å². The van der Waals surface area contributed by atoms with Crippen molar-refractivity contribution < 1.29 is 32.0 Å². The maximum absolute atomic E-state index is 5.30. The van der Waals surface area contributed by atoms with Gasteiger partial charge in [-0.1, -0.05) is 12.8 Å². The first-order chi connectivity index (χ1) is 8.38. The number of methoxy groups -OCH3 is 1. The molecule has 0 atom stereocenters. The molecular weight excluding hydrogens is 325 g/mol. The Labute approximate surface area is 127 Å². The zero-order valence-electron chi connectivity index (χ0n) is 10.8. The van der Waals surface area contributed by atoms with Crippen LogP contribution in [-0.4, -0.2) is 25.2 Å². The summed E-state index contributed by atoms with van der Waals surface area (Å²) in [7, 11) is 1.72. The van der Waals surface area contributed by atoms with E-state index >= 15 is 0 Å². The van der Waals surface area contributed by atoms with Crippen molar-refractivity contribution in [3.8, 4) is 5.75 Å². The largest absolute Gasteiger partial charge is 0.662 e. The molecule has 2 heterocycles. The van der Waals surface area contributed by atoms with Gasteiger partial charge in [-0.3, -0.25) is 0 Å². The van der Waals surface area contributed by atoms with E-state index in [1.54, 1.807) is 7.11 Å². The van der Waals surface area contributed by atoms with Crippen LogP contribution >= 0.6 is 0 Å². The van der Waals surface area contributed by atoms with E-state index in [2.05, 4.69) is 28.6 Å². The number of fused-ring (bicyclic) bond motifs is 1. The van der Waals surface area contributed by atoms with Gasteiger partial charge in [-0.15, -0.1) is 13.1 Å². The van der Waals surface area contributed by atoms with Gasteiger partial charge in [0.25, 0.3) is 0 Å². The molecule has 92 valence electrons. The van der Waals surface area contributed by atoms with Crippen LogP contribution < -0.4 is 4.74 Å². The second-order valence-electron chi connectivity index (χ2n) is 4.60. The molecule has 1 aliphatic heterocycles. The van der Waals surface area contributed by atoms with Crippen LogP contribution in [0.1, 0.15) is 24.3 Å². The molecule has 1 aromatic heterocycles. The number of hydrogen-bond donors (Lipinski definition) is 1. The van der Waals surface area contributed by atoms with Crippen molar-refractivity contribution in [1.29, 1.82) is 0 Å². The second-order valence-corrected chi connectivity index (χ2v) is 4.60. The molecule has 1 N–H and O–H groups in total. The van der Waals surface area contributed by atoms with Gasteiger partial charge in [0, 0.05) is 44.4 Å². The number of piperidine rings is 1. The molecular formula is C14H17CdN2O-. The third-order valence-electron chi connectivity index (χ3n) is 3.63. The minimum atomic E-state index is 0. The minimum Gasteiger partial charge on any atom is -0.662 e. The fraction of sp³-hybridized carbons (Fsp3) is 0.429. The van der Waals surface area contributed by atoms with Crippen LogP contribution in [0.25, 0.3) is 16.2 Å². The molecule has 0 radical (unpaired) electrons. The molecule has 0 bridgehead atoms. The summed E-state index contributed by atoms with van der Waals surface area (Å²) >= 11 is 0. The van der Waals surface area contributed by atoms with Gasteiger partial charge >= 0.3 is 0 Å². The van der Waals surface area contributed by atoms with Gasteiger partial charge in [0.15, 0.2) is 0 Å². The SMILES string of the molecule is COc1ccc2[nH]cc(C3CC[N-]CC3)c2c1.[Cd]. The Morgan fingerprint density at radius 3 is 2.78 bits per heavy atom. The first-order valence-electron chi connectivity index (χ1n) is 6.17.